The molecule has 1 amide bonds. The molecule has 0 aromatic heterocycles. The molecule has 0 aliphatic carbocycles. The van der Waals surface area contributed by atoms with Gasteiger partial charge in [-0.1, -0.05) is 29.8 Å². The summed E-state index contributed by atoms with van der Waals surface area (Å²) in [6, 6.07) is 12.2. The van der Waals surface area contributed by atoms with E-state index in [2.05, 4.69) is 5.32 Å². The van der Waals surface area contributed by atoms with Gasteiger partial charge in [-0.15, -0.1) is 0 Å². The second kappa shape index (κ2) is 9.05. The zero-order valence-electron chi connectivity index (χ0n) is 15.7. The van der Waals surface area contributed by atoms with E-state index in [1.807, 2.05) is 12.1 Å². The topological polar surface area (TPSA) is 75.7 Å². The van der Waals surface area contributed by atoms with E-state index < -0.39 is 10.0 Å². The smallest absolute Gasteiger partial charge is 0.251 e. The van der Waals surface area contributed by atoms with Gasteiger partial charge in [0, 0.05) is 30.2 Å². The van der Waals surface area contributed by atoms with Gasteiger partial charge >= 0.3 is 0 Å². The maximum atomic E-state index is 12.9. The molecule has 1 aliphatic rings. The summed E-state index contributed by atoms with van der Waals surface area (Å²) in [6.45, 7) is 3.57. The molecule has 3 rings (SSSR count). The molecular weight excluding hydrogens is 400 g/mol. The Morgan fingerprint density at radius 3 is 2.50 bits per heavy atom. The van der Waals surface area contributed by atoms with Gasteiger partial charge in [-0.25, -0.2) is 8.42 Å². The molecule has 1 N–H and O–H groups in total. The van der Waals surface area contributed by atoms with Crippen LogP contribution in [-0.4, -0.2) is 51.5 Å². The van der Waals surface area contributed by atoms with E-state index in [9.17, 15) is 13.2 Å². The van der Waals surface area contributed by atoms with E-state index in [0.717, 1.165) is 5.56 Å². The van der Waals surface area contributed by atoms with Crippen LogP contribution in [0.25, 0.3) is 0 Å². The lowest BCUT2D eigenvalue weighted by molar-refractivity contribution is 0.0730. The molecule has 0 bridgehead atoms. The number of carbonyl (C=O) groups is 1. The first-order valence-electron chi connectivity index (χ1n) is 9.09. The molecular formula is C20H23ClN2O4S. The average molecular weight is 423 g/mol. The SMILES string of the molecule is Cc1ccc(C(=O)NCCc2ccc(Cl)cc2)cc1S(=O)(=O)N1CCOCC1. The van der Waals surface area contributed by atoms with Crippen LogP contribution in [0, 0.1) is 6.92 Å². The third kappa shape index (κ3) is 4.91. The highest BCUT2D eigenvalue weighted by Gasteiger charge is 2.28. The number of nitrogens with one attached hydrogen (secondary N) is 1. The highest BCUT2D eigenvalue weighted by atomic mass is 35.5. The van der Waals surface area contributed by atoms with Crippen LogP contribution < -0.4 is 5.32 Å². The van der Waals surface area contributed by atoms with Crippen molar-refractivity contribution in [1.29, 1.82) is 0 Å². The predicted octanol–water partition coefficient (Wildman–Crippen LogP) is 2.64. The fraction of sp³-hybridized carbons (Fsp3) is 0.350. The van der Waals surface area contributed by atoms with Gasteiger partial charge in [0.15, 0.2) is 0 Å². The Hall–Kier alpha value is -1.93. The number of halogens is 1. The first-order valence-corrected chi connectivity index (χ1v) is 10.9. The van der Waals surface area contributed by atoms with E-state index in [1.54, 1.807) is 31.2 Å². The van der Waals surface area contributed by atoms with Gasteiger partial charge in [0.25, 0.3) is 5.91 Å². The lowest BCUT2D eigenvalue weighted by Crippen LogP contribution is -2.41. The van der Waals surface area contributed by atoms with Crippen LogP contribution in [0.5, 0.6) is 0 Å². The van der Waals surface area contributed by atoms with E-state index in [4.69, 9.17) is 16.3 Å². The molecule has 0 spiro atoms. The second-order valence-corrected chi connectivity index (χ2v) is 8.97. The van der Waals surface area contributed by atoms with Crippen molar-refractivity contribution in [3.05, 3.63) is 64.2 Å². The minimum Gasteiger partial charge on any atom is -0.379 e. The number of ether oxygens (including phenoxy) is 1. The van der Waals surface area contributed by atoms with Gasteiger partial charge in [-0.2, -0.15) is 4.31 Å². The lowest BCUT2D eigenvalue weighted by atomic mass is 10.1. The quantitative estimate of drug-likeness (QED) is 0.776. The molecule has 0 unspecified atom stereocenters. The van der Waals surface area contributed by atoms with Crippen LogP contribution in [0.4, 0.5) is 0 Å². The van der Waals surface area contributed by atoms with Gasteiger partial charge in [0.1, 0.15) is 0 Å². The van der Waals surface area contributed by atoms with Gasteiger partial charge in [0.05, 0.1) is 18.1 Å². The summed E-state index contributed by atoms with van der Waals surface area (Å²) in [5, 5.41) is 3.51. The predicted molar refractivity (Wildman–Crippen MR) is 108 cm³/mol. The Kier molecular flexibility index (Phi) is 6.72. The van der Waals surface area contributed by atoms with Crippen molar-refractivity contribution in [3.63, 3.8) is 0 Å². The minimum absolute atomic E-state index is 0.166. The Balaban J connectivity index is 1.69. The molecule has 8 heteroatoms. The monoisotopic (exact) mass is 422 g/mol. The number of hydrogen-bond donors (Lipinski definition) is 1. The van der Waals surface area contributed by atoms with Crippen molar-refractivity contribution >= 4 is 27.5 Å². The minimum atomic E-state index is -3.66. The molecule has 6 nitrogen and oxygen atoms in total. The zero-order valence-corrected chi connectivity index (χ0v) is 17.2. The van der Waals surface area contributed by atoms with Crippen LogP contribution in [0.2, 0.25) is 5.02 Å². The molecule has 2 aromatic rings. The van der Waals surface area contributed by atoms with E-state index in [-0.39, 0.29) is 10.8 Å². The molecule has 1 fully saturated rings. The fourth-order valence-corrected chi connectivity index (χ4v) is 4.80. The van der Waals surface area contributed by atoms with Crippen molar-refractivity contribution in [3.8, 4) is 0 Å². The normalized spacial score (nSPS) is 15.4. The Morgan fingerprint density at radius 2 is 1.82 bits per heavy atom. The fourth-order valence-electron chi connectivity index (χ4n) is 3.02. The van der Waals surface area contributed by atoms with Gasteiger partial charge in [-0.05, 0) is 48.7 Å². The molecule has 1 heterocycles. The van der Waals surface area contributed by atoms with Crippen LogP contribution in [0.15, 0.2) is 47.4 Å². The van der Waals surface area contributed by atoms with Crippen LogP contribution in [0.3, 0.4) is 0 Å². The van der Waals surface area contributed by atoms with Crippen molar-refractivity contribution in [2.75, 3.05) is 32.8 Å². The molecule has 1 saturated heterocycles. The van der Waals surface area contributed by atoms with Crippen LogP contribution in [0.1, 0.15) is 21.5 Å². The third-order valence-electron chi connectivity index (χ3n) is 4.65. The van der Waals surface area contributed by atoms with Crippen molar-refractivity contribution < 1.29 is 17.9 Å². The molecule has 0 saturated carbocycles. The molecule has 1 aliphatic heterocycles. The first kappa shape index (κ1) is 20.8. The summed E-state index contributed by atoms with van der Waals surface area (Å²) in [5.41, 5.74) is 2.00. The van der Waals surface area contributed by atoms with Crippen LogP contribution >= 0.6 is 11.6 Å². The lowest BCUT2D eigenvalue weighted by Gasteiger charge is -2.26. The Labute approximate surface area is 170 Å². The molecule has 2 aromatic carbocycles. The summed E-state index contributed by atoms with van der Waals surface area (Å²) >= 11 is 5.87. The van der Waals surface area contributed by atoms with Gasteiger partial charge in [-0.3, -0.25) is 4.79 Å². The number of aryl methyl sites for hydroxylation is 1. The highest BCUT2D eigenvalue weighted by molar-refractivity contribution is 7.89. The van der Waals surface area contributed by atoms with Crippen molar-refractivity contribution in [1.82, 2.24) is 9.62 Å². The summed E-state index contributed by atoms with van der Waals surface area (Å²) in [6.07, 6.45) is 0.660. The van der Waals surface area contributed by atoms with E-state index >= 15 is 0 Å². The number of nitrogens with zero attached hydrogens (tertiary/aromatic N) is 1. The number of morpholine rings is 1. The Bertz CT molecular complexity index is 939. The van der Waals surface area contributed by atoms with E-state index in [1.165, 1.54) is 10.4 Å². The van der Waals surface area contributed by atoms with Crippen LogP contribution in [-0.2, 0) is 21.2 Å². The first-order chi connectivity index (χ1) is 13.4. The molecule has 0 atom stereocenters. The standard InChI is InChI=1S/C20H23ClN2O4S/c1-15-2-5-17(14-19(15)28(25,26)23-10-12-27-13-11-23)20(24)22-9-8-16-3-6-18(21)7-4-16/h2-7,14H,8-13H2,1H3,(H,22,24). The van der Waals surface area contributed by atoms with Crippen molar-refractivity contribution in [2.24, 2.45) is 0 Å². The number of carbonyl (C=O) groups excluding carboxylic acids is 1. The molecule has 150 valence electrons. The summed E-state index contributed by atoms with van der Waals surface area (Å²) in [7, 11) is -3.66. The number of amides is 1. The molecule has 28 heavy (non-hydrogen) atoms. The number of benzene rings is 2. The van der Waals surface area contributed by atoms with Crippen molar-refractivity contribution in [2.45, 2.75) is 18.2 Å². The highest BCUT2D eigenvalue weighted by Crippen LogP contribution is 2.22. The second-order valence-electron chi connectivity index (χ2n) is 6.63. The molecule has 0 radical (unpaired) electrons. The maximum absolute atomic E-state index is 12.9. The Morgan fingerprint density at radius 1 is 1.14 bits per heavy atom. The number of hydrogen-bond acceptors (Lipinski definition) is 4. The summed E-state index contributed by atoms with van der Waals surface area (Å²) in [5.74, 6) is -0.299. The zero-order chi connectivity index (χ0) is 20.1. The number of rotatable bonds is 6. The largest absolute Gasteiger partial charge is 0.379 e. The average Bonchev–Trinajstić information content (AvgIpc) is 2.70. The summed E-state index contributed by atoms with van der Waals surface area (Å²) < 4.78 is 32.5. The van der Waals surface area contributed by atoms with Gasteiger partial charge in [0.2, 0.25) is 10.0 Å². The summed E-state index contributed by atoms with van der Waals surface area (Å²) in [4.78, 5) is 12.7. The third-order valence-corrected chi connectivity index (χ3v) is 6.94. The van der Waals surface area contributed by atoms with E-state index in [0.29, 0.717) is 55.4 Å². The maximum Gasteiger partial charge on any atom is 0.251 e. The number of sulfonamides is 1. The van der Waals surface area contributed by atoms with Gasteiger partial charge < -0.3 is 10.1 Å².